The van der Waals surface area contributed by atoms with Gasteiger partial charge in [-0.25, -0.2) is 9.59 Å². The predicted octanol–water partition coefficient (Wildman–Crippen LogP) is 0.309. The zero-order chi connectivity index (χ0) is 13.0. The Kier molecular flexibility index (Phi) is 4.28. The van der Waals surface area contributed by atoms with Gasteiger partial charge in [0.1, 0.15) is 5.02 Å². The number of nitrogens with zero attached hydrogens (tertiary/aromatic N) is 1. The predicted molar refractivity (Wildman–Crippen MR) is 62.1 cm³/mol. The highest BCUT2D eigenvalue weighted by atomic mass is 35.5. The lowest BCUT2D eigenvalue weighted by molar-refractivity contribution is -0.136. The minimum atomic E-state index is -0.637. The number of esters is 1. The van der Waals surface area contributed by atoms with Crippen LogP contribution < -0.4 is 11.2 Å². The summed E-state index contributed by atoms with van der Waals surface area (Å²) in [5.74, 6) is -0.478. The first-order chi connectivity index (χ1) is 7.95. The molecule has 0 bridgehead atoms. The molecule has 1 aromatic heterocycles. The molecule has 0 aromatic carbocycles. The van der Waals surface area contributed by atoms with Gasteiger partial charge in [0.05, 0.1) is 7.11 Å². The molecule has 7 heteroatoms. The first-order valence-corrected chi connectivity index (χ1v) is 5.08. The van der Waals surface area contributed by atoms with E-state index >= 15 is 0 Å². The second-order valence-electron chi connectivity index (χ2n) is 3.27. The number of rotatable bonds is 3. The molecule has 0 saturated carbocycles. The maximum Gasteiger partial charge on any atom is 0.333 e. The first kappa shape index (κ1) is 13.2. The number of methoxy groups -OCH3 is 1. The van der Waals surface area contributed by atoms with Crippen molar-refractivity contribution in [1.82, 2.24) is 9.55 Å². The summed E-state index contributed by atoms with van der Waals surface area (Å²) in [7, 11) is 1.27. The molecule has 92 valence electrons. The Morgan fingerprint density at radius 3 is 2.82 bits per heavy atom. The van der Waals surface area contributed by atoms with Gasteiger partial charge in [-0.1, -0.05) is 17.7 Å². The number of hydrogen-bond donors (Lipinski definition) is 1. The summed E-state index contributed by atoms with van der Waals surface area (Å²) in [5, 5.41) is -0.0891. The normalized spacial score (nSPS) is 11.4. The zero-order valence-electron chi connectivity index (χ0n) is 9.32. The fourth-order valence-corrected chi connectivity index (χ4v) is 1.26. The van der Waals surface area contributed by atoms with Gasteiger partial charge >= 0.3 is 11.7 Å². The summed E-state index contributed by atoms with van der Waals surface area (Å²) in [4.78, 5) is 35.5. The molecule has 1 heterocycles. The topological polar surface area (TPSA) is 81.2 Å². The molecule has 0 spiro atoms. The summed E-state index contributed by atoms with van der Waals surface area (Å²) in [6, 6.07) is 0. The molecule has 0 fully saturated rings. The third-order valence-corrected chi connectivity index (χ3v) is 2.34. The summed E-state index contributed by atoms with van der Waals surface area (Å²) < 4.78 is 5.67. The lowest BCUT2D eigenvalue weighted by atomic mass is 10.3. The van der Waals surface area contributed by atoms with Gasteiger partial charge in [-0.05, 0) is 6.92 Å². The largest absolute Gasteiger partial charge is 0.466 e. The van der Waals surface area contributed by atoms with Crippen LogP contribution in [-0.2, 0) is 16.1 Å². The summed E-state index contributed by atoms with van der Waals surface area (Å²) in [6.45, 7) is 1.68. The molecule has 0 saturated heterocycles. The Balaban J connectivity index is 2.98. The number of halogens is 1. The van der Waals surface area contributed by atoms with E-state index in [-0.39, 0.29) is 11.6 Å². The van der Waals surface area contributed by atoms with E-state index in [0.717, 1.165) is 0 Å². The van der Waals surface area contributed by atoms with E-state index in [2.05, 4.69) is 4.74 Å². The van der Waals surface area contributed by atoms with E-state index in [1.54, 1.807) is 6.92 Å². The molecule has 0 radical (unpaired) electrons. The number of aromatic amines is 1. The van der Waals surface area contributed by atoms with Crippen molar-refractivity contribution in [3.05, 3.63) is 43.7 Å². The molecule has 6 nitrogen and oxygen atoms in total. The van der Waals surface area contributed by atoms with Crippen LogP contribution in [0.15, 0.2) is 27.4 Å². The highest BCUT2D eigenvalue weighted by molar-refractivity contribution is 6.30. The van der Waals surface area contributed by atoms with Crippen LogP contribution in [-0.4, -0.2) is 22.6 Å². The average molecular weight is 259 g/mol. The number of carbonyl (C=O) groups excluding carboxylic acids is 1. The number of nitrogens with one attached hydrogen (secondary N) is 1. The SMILES string of the molecule is COC(=O)C(C)=CCn1cc(Cl)c(=O)[nH]c1=O. The van der Waals surface area contributed by atoms with Crippen LogP contribution >= 0.6 is 11.6 Å². The number of allylic oxidation sites excluding steroid dienone is 1. The number of ether oxygens (including phenoxy) is 1. The van der Waals surface area contributed by atoms with Gasteiger partial charge in [0.25, 0.3) is 5.56 Å². The molecule has 17 heavy (non-hydrogen) atoms. The molecular formula is C10H11ClN2O4. The number of hydrogen-bond acceptors (Lipinski definition) is 4. The van der Waals surface area contributed by atoms with Crippen LogP contribution in [0.2, 0.25) is 5.02 Å². The van der Waals surface area contributed by atoms with E-state index in [1.807, 2.05) is 4.98 Å². The van der Waals surface area contributed by atoms with E-state index in [0.29, 0.717) is 5.57 Å². The van der Waals surface area contributed by atoms with Gasteiger partial charge in [-0.3, -0.25) is 14.3 Å². The van der Waals surface area contributed by atoms with E-state index in [1.165, 1.54) is 23.9 Å². The van der Waals surface area contributed by atoms with Crippen LogP contribution in [0.25, 0.3) is 0 Å². The monoisotopic (exact) mass is 258 g/mol. The van der Waals surface area contributed by atoms with E-state index in [9.17, 15) is 14.4 Å². The zero-order valence-corrected chi connectivity index (χ0v) is 10.1. The molecule has 0 atom stereocenters. The second kappa shape index (κ2) is 5.49. The molecular weight excluding hydrogens is 248 g/mol. The van der Waals surface area contributed by atoms with Crippen molar-refractivity contribution in [3.8, 4) is 0 Å². The molecule has 1 aromatic rings. The molecule has 0 amide bonds. The van der Waals surface area contributed by atoms with Gasteiger partial charge in [0, 0.05) is 18.3 Å². The van der Waals surface area contributed by atoms with Gasteiger partial charge in [0.2, 0.25) is 0 Å². The van der Waals surface area contributed by atoms with Crippen LogP contribution in [0.5, 0.6) is 0 Å². The third-order valence-electron chi connectivity index (χ3n) is 2.07. The van der Waals surface area contributed by atoms with Crippen molar-refractivity contribution >= 4 is 17.6 Å². The van der Waals surface area contributed by atoms with Crippen molar-refractivity contribution < 1.29 is 9.53 Å². The summed E-state index contributed by atoms with van der Waals surface area (Å²) >= 11 is 5.58. The van der Waals surface area contributed by atoms with Crippen LogP contribution in [0, 0.1) is 0 Å². The number of aromatic nitrogens is 2. The highest BCUT2D eigenvalue weighted by Gasteiger charge is 2.04. The minimum Gasteiger partial charge on any atom is -0.466 e. The summed E-state index contributed by atoms with van der Waals surface area (Å²) in [6.07, 6.45) is 2.71. The fourth-order valence-electron chi connectivity index (χ4n) is 1.10. The second-order valence-corrected chi connectivity index (χ2v) is 3.67. The van der Waals surface area contributed by atoms with Crippen molar-refractivity contribution in [2.24, 2.45) is 0 Å². The summed E-state index contributed by atoms with van der Waals surface area (Å²) in [5.41, 5.74) is -0.864. The lowest BCUT2D eigenvalue weighted by Gasteiger charge is -2.02. The van der Waals surface area contributed by atoms with Crippen molar-refractivity contribution in [2.45, 2.75) is 13.5 Å². The quantitative estimate of drug-likeness (QED) is 0.625. The van der Waals surface area contributed by atoms with Gasteiger partial charge < -0.3 is 4.74 Å². The van der Waals surface area contributed by atoms with Crippen LogP contribution in [0.1, 0.15) is 6.92 Å². The molecule has 0 aliphatic carbocycles. The van der Waals surface area contributed by atoms with Gasteiger partial charge in [-0.2, -0.15) is 0 Å². The highest BCUT2D eigenvalue weighted by Crippen LogP contribution is 1.99. The third kappa shape index (κ3) is 3.32. The van der Waals surface area contributed by atoms with E-state index < -0.39 is 17.2 Å². The Bertz CT molecular complexity index is 570. The Morgan fingerprint density at radius 1 is 1.59 bits per heavy atom. The molecule has 1 N–H and O–H groups in total. The lowest BCUT2D eigenvalue weighted by Crippen LogP contribution is -2.29. The van der Waals surface area contributed by atoms with Crippen molar-refractivity contribution in [3.63, 3.8) is 0 Å². The number of H-pyrrole nitrogens is 1. The molecule has 0 unspecified atom stereocenters. The van der Waals surface area contributed by atoms with E-state index in [4.69, 9.17) is 11.6 Å². The Hall–Kier alpha value is -1.82. The average Bonchev–Trinajstić information content (AvgIpc) is 2.30. The minimum absolute atomic E-state index is 0.0891. The Morgan fingerprint density at radius 2 is 2.24 bits per heavy atom. The smallest absolute Gasteiger partial charge is 0.333 e. The maximum atomic E-state index is 11.3. The van der Waals surface area contributed by atoms with Crippen molar-refractivity contribution in [2.75, 3.05) is 7.11 Å². The van der Waals surface area contributed by atoms with Crippen molar-refractivity contribution in [1.29, 1.82) is 0 Å². The standard InChI is InChI=1S/C10H11ClN2O4/c1-6(9(15)17-2)3-4-13-5-7(11)8(14)12-10(13)16/h3,5H,4H2,1-2H3,(H,12,14,16). The molecule has 0 aliphatic rings. The fraction of sp³-hybridized carbons (Fsp3) is 0.300. The van der Waals surface area contributed by atoms with Gasteiger partial charge in [-0.15, -0.1) is 0 Å². The molecule has 0 aliphatic heterocycles. The number of carbonyl (C=O) groups is 1. The van der Waals surface area contributed by atoms with Crippen LogP contribution in [0.3, 0.4) is 0 Å². The Labute approximate surface area is 101 Å². The first-order valence-electron chi connectivity index (χ1n) is 4.70. The molecule has 1 rings (SSSR count). The van der Waals surface area contributed by atoms with Gasteiger partial charge in [0.15, 0.2) is 0 Å². The van der Waals surface area contributed by atoms with Crippen LogP contribution in [0.4, 0.5) is 0 Å². The maximum absolute atomic E-state index is 11.3.